The number of aromatic nitrogens is 2. The van der Waals surface area contributed by atoms with E-state index in [4.69, 9.17) is 10.5 Å². The molecule has 26 heavy (non-hydrogen) atoms. The lowest BCUT2D eigenvalue weighted by molar-refractivity contribution is -0.126. The summed E-state index contributed by atoms with van der Waals surface area (Å²) in [5.74, 6) is 0.183. The predicted octanol–water partition coefficient (Wildman–Crippen LogP) is 0.834. The Kier molecular flexibility index (Phi) is 6.67. The Labute approximate surface area is 156 Å². The molecule has 3 heterocycles. The zero-order chi connectivity index (χ0) is 18.5. The van der Waals surface area contributed by atoms with Crippen molar-refractivity contribution in [2.75, 3.05) is 32.8 Å². The number of nitrogens with zero attached hydrogens (tertiary/aromatic N) is 3. The van der Waals surface area contributed by atoms with E-state index in [0.717, 1.165) is 69.9 Å². The molecule has 2 saturated heterocycles. The summed E-state index contributed by atoms with van der Waals surface area (Å²) in [7, 11) is 0. The van der Waals surface area contributed by atoms with E-state index in [1.807, 2.05) is 13.3 Å². The lowest BCUT2D eigenvalue weighted by Crippen LogP contribution is -2.47. The molecule has 3 rings (SSSR count). The normalized spacial score (nSPS) is 25.8. The van der Waals surface area contributed by atoms with Crippen LogP contribution in [0.3, 0.4) is 0 Å². The summed E-state index contributed by atoms with van der Waals surface area (Å²) < 4.78 is 7.58. The van der Waals surface area contributed by atoms with Gasteiger partial charge in [-0.05, 0) is 39.5 Å². The quantitative estimate of drug-likeness (QED) is 0.810. The van der Waals surface area contributed by atoms with Crippen LogP contribution in [0.5, 0.6) is 0 Å². The number of hydrogen-bond donors (Lipinski definition) is 2. The van der Waals surface area contributed by atoms with Crippen LogP contribution in [0.25, 0.3) is 0 Å². The zero-order valence-electron chi connectivity index (χ0n) is 16.1. The summed E-state index contributed by atoms with van der Waals surface area (Å²) in [5, 5.41) is 3.12. The van der Waals surface area contributed by atoms with E-state index in [9.17, 15) is 4.79 Å². The van der Waals surface area contributed by atoms with Crippen LogP contribution in [0.1, 0.15) is 37.1 Å². The minimum Gasteiger partial charge on any atom is -0.381 e. The van der Waals surface area contributed by atoms with E-state index in [1.165, 1.54) is 0 Å². The summed E-state index contributed by atoms with van der Waals surface area (Å²) in [4.78, 5) is 19.5. The van der Waals surface area contributed by atoms with E-state index < -0.39 is 0 Å². The van der Waals surface area contributed by atoms with Crippen LogP contribution in [-0.4, -0.2) is 65.3 Å². The lowest BCUT2D eigenvalue weighted by atomic mass is 10.0. The zero-order valence-corrected chi connectivity index (χ0v) is 16.1. The van der Waals surface area contributed by atoms with Crippen LogP contribution < -0.4 is 11.1 Å². The van der Waals surface area contributed by atoms with Crippen molar-refractivity contribution >= 4 is 5.91 Å². The van der Waals surface area contributed by atoms with Gasteiger partial charge in [-0.1, -0.05) is 0 Å². The molecule has 0 saturated carbocycles. The second-order valence-electron chi connectivity index (χ2n) is 7.73. The molecule has 1 aromatic heterocycles. The summed E-state index contributed by atoms with van der Waals surface area (Å²) in [5.41, 5.74) is 8.47. The van der Waals surface area contributed by atoms with Crippen LogP contribution in [0.15, 0.2) is 6.33 Å². The van der Waals surface area contributed by atoms with Gasteiger partial charge in [-0.15, -0.1) is 0 Å². The van der Waals surface area contributed by atoms with Crippen molar-refractivity contribution < 1.29 is 9.53 Å². The fourth-order valence-electron chi connectivity index (χ4n) is 4.03. The first kappa shape index (κ1) is 19.3. The first-order valence-corrected chi connectivity index (χ1v) is 9.88. The molecule has 7 nitrogen and oxygen atoms in total. The van der Waals surface area contributed by atoms with Crippen molar-refractivity contribution in [2.24, 2.45) is 11.7 Å². The predicted molar refractivity (Wildman–Crippen MR) is 101 cm³/mol. The molecular weight excluding hydrogens is 330 g/mol. The van der Waals surface area contributed by atoms with Crippen molar-refractivity contribution in [3.63, 3.8) is 0 Å². The third-order valence-electron chi connectivity index (χ3n) is 5.88. The number of carbonyl (C=O) groups is 1. The number of likely N-dealkylation sites (tertiary alicyclic amines) is 1. The number of hydrogen-bond acceptors (Lipinski definition) is 5. The molecule has 7 heteroatoms. The first-order chi connectivity index (χ1) is 12.5. The second kappa shape index (κ2) is 8.97. The Bertz CT molecular complexity index is 597. The van der Waals surface area contributed by atoms with Gasteiger partial charge in [-0.2, -0.15) is 0 Å². The monoisotopic (exact) mass is 363 g/mol. The van der Waals surface area contributed by atoms with Gasteiger partial charge in [0, 0.05) is 57.2 Å². The molecule has 0 radical (unpaired) electrons. The van der Waals surface area contributed by atoms with Gasteiger partial charge in [0.2, 0.25) is 5.91 Å². The van der Waals surface area contributed by atoms with Crippen LogP contribution in [0, 0.1) is 19.8 Å². The van der Waals surface area contributed by atoms with Gasteiger partial charge >= 0.3 is 0 Å². The highest BCUT2D eigenvalue weighted by atomic mass is 16.5. The van der Waals surface area contributed by atoms with Crippen LogP contribution in [0.4, 0.5) is 0 Å². The summed E-state index contributed by atoms with van der Waals surface area (Å²) in [6.07, 6.45) is 5.71. The smallest absolute Gasteiger partial charge is 0.224 e. The van der Waals surface area contributed by atoms with Gasteiger partial charge in [-0.3, -0.25) is 9.69 Å². The van der Waals surface area contributed by atoms with Gasteiger partial charge in [-0.25, -0.2) is 4.98 Å². The van der Waals surface area contributed by atoms with E-state index in [1.54, 1.807) is 0 Å². The van der Waals surface area contributed by atoms with Gasteiger partial charge in [0.25, 0.3) is 0 Å². The Hall–Kier alpha value is -1.44. The van der Waals surface area contributed by atoms with Crippen LogP contribution in [0.2, 0.25) is 0 Å². The average Bonchev–Trinajstić information content (AvgIpc) is 2.85. The van der Waals surface area contributed by atoms with Crippen LogP contribution in [-0.2, 0) is 16.1 Å². The van der Waals surface area contributed by atoms with Gasteiger partial charge < -0.3 is 20.4 Å². The molecule has 1 aromatic rings. The Morgan fingerprint density at radius 2 is 2.04 bits per heavy atom. The molecule has 0 unspecified atom stereocenters. The van der Waals surface area contributed by atoms with E-state index in [0.29, 0.717) is 12.6 Å². The van der Waals surface area contributed by atoms with Crippen molar-refractivity contribution in [3.8, 4) is 0 Å². The maximum atomic E-state index is 12.7. The van der Waals surface area contributed by atoms with Gasteiger partial charge in [0.05, 0.1) is 17.9 Å². The highest BCUT2D eigenvalue weighted by Gasteiger charge is 2.31. The fourth-order valence-corrected chi connectivity index (χ4v) is 4.03. The minimum atomic E-state index is 0.0250. The van der Waals surface area contributed by atoms with Gasteiger partial charge in [0.15, 0.2) is 0 Å². The van der Waals surface area contributed by atoms with Crippen LogP contribution >= 0.6 is 0 Å². The molecule has 2 aliphatic heterocycles. The molecule has 1 amide bonds. The highest BCUT2D eigenvalue weighted by Crippen LogP contribution is 2.22. The fraction of sp³-hybridized carbons (Fsp3) is 0.789. The third-order valence-corrected chi connectivity index (χ3v) is 5.88. The van der Waals surface area contributed by atoms with Crippen molar-refractivity contribution in [3.05, 3.63) is 17.7 Å². The van der Waals surface area contributed by atoms with Crippen molar-refractivity contribution in [2.45, 2.75) is 58.2 Å². The average molecular weight is 364 g/mol. The van der Waals surface area contributed by atoms with Gasteiger partial charge in [0.1, 0.15) is 0 Å². The molecule has 2 atom stereocenters. The third kappa shape index (κ3) is 4.84. The Morgan fingerprint density at radius 3 is 2.73 bits per heavy atom. The molecular formula is C19H33N5O2. The summed E-state index contributed by atoms with van der Waals surface area (Å²) in [6.45, 7) is 8.79. The Balaban J connectivity index is 1.52. The number of nitrogens with one attached hydrogen (secondary N) is 1. The Morgan fingerprint density at radius 1 is 1.27 bits per heavy atom. The second-order valence-corrected chi connectivity index (χ2v) is 7.73. The summed E-state index contributed by atoms with van der Waals surface area (Å²) in [6, 6.07) is 0.659. The molecule has 0 aliphatic carbocycles. The molecule has 0 spiro atoms. The maximum absolute atomic E-state index is 12.7. The van der Waals surface area contributed by atoms with E-state index in [-0.39, 0.29) is 17.9 Å². The summed E-state index contributed by atoms with van der Waals surface area (Å²) >= 11 is 0. The number of ether oxygens (including phenoxy) is 1. The standard InChI is InChI=1S/C19H33N5O2/c1-14-15(2)23(13-22-14)8-7-21-19(25)16-3-4-17(20)12-24(11-16)18-5-9-26-10-6-18/h13,16-18H,3-12,20H2,1-2H3,(H,21,25)/t16-,17+/m1/s1. The number of nitrogens with two attached hydrogens (primary N) is 1. The molecule has 3 N–H and O–H groups in total. The number of amides is 1. The molecule has 0 aromatic carbocycles. The minimum absolute atomic E-state index is 0.0250. The topological polar surface area (TPSA) is 85.4 Å². The van der Waals surface area contributed by atoms with Crippen molar-refractivity contribution in [1.29, 1.82) is 0 Å². The number of imidazole rings is 1. The number of carbonyl (C=O) groups excluding carboxylic acids is 1. The highest BCUT2D eigenvalue weighted by molar-refractivity contribution is 5.78. The van der Waals surface area contributed by atoms with E-state index in [2.05, 4.69) is 26.7 Å². The van der Waals surface area contributed by atoms with Crippen molar-refractivity contribution in [1.82, 2.24) is 19.8 Å². The number of aryl methyl sites for hydroxylation is 1. The molecule has 2 aliphatic rings. The first-order valence-electron chi connectivity index (χ1n) is 9.88. The number of rotatable bonds is 5. The SMILES string of the molecule is Cc1ncn(CCNC(=O)[C@@H]2CC[C@H](N)CN(C3CCOCC3)C2)c1C. The largest absolute Gasteiger partial charge is 0.381 e. The van der Waals surface area contributed by atoms with E-state index >= 15 is 0 Å². The lowest BCUT2D eigenvalue weighted by Gasteiger charge is -2.35. The molecule has 0 bridgehead atoms. The molecule has 146 valence electrons. The molecule has 2 fully saturated rings. The maximum Gasteiger partial charge on any atom is 0.224 e.